The standard InChI is InChI=1S/C9H19O11P3S/c1-7-5-8(10)9(18-7)6-24-23(14,17-4)20-22(13,16-3)19-21(11,12)15-2/h7,10H,5-6H2,1-4H3,(H,11,12)/t7-,22?,23?/m0/s1. The molecule has 0 aromatic carbocycles. The van der Waals surface area contributed by atoms with E-state index in [1.54, 1.807) is 6.92 Å². The summed E-state index contributed by atoms with van der Waals surface area (Å²) in [5, 5.41) is 9.67. The number of aliphatic hydroxyl groups excluding tert-OH is 1. The molecule has 0 aromatic heterocycles. The maximum atomic E-state index is 12.5. The smallest absolute Gasteiger partial charge is 0.491 e. The van der Waals surface area contributed by atoms with E-state index in [9.17, 15) is 23.7 Å². The Hall–Kier alpha value is 0.140. The highest BCUT2D eigenvalue weighted by Gasteiger charge is 2.44. The number of phosphoric acid groups is 2. The predicted octanol–water partition coefficient (Wildman–Crippen LogP) is 3.59. The normalized spacial score (nSPS) is 25.6. The van der Waals surface area contributed by atoms with Gasteiger partial charge in [-0.1, -0.05) is 0 Å². The van der Waals surface area contributed by atoms with Gasteiger partial charge in [-0.3, -0.25) is 9.05 Å². The molecule has 11 nitrogen and oxygen atoms in total. The lowest BCUT2D eigenvalue weighted by atomic mass is 10.3. The van der Waals surface area contributed by atoms with Crippen LogP contribution >= 0.6 is 33.8 Å². The van der Waals surface area contributed by atoms with E-state index in [-0.39, 0.29) is 23.4 Å². The van der Waals surface area contributed by atoms with Crippen molar-refractivity contribution in [1.29, 1.82) is 0 Å². The summed E-state index contributed by atoms with van der Waals surface area (Å²) in [7, 11) is -6.77. The van der Waals surface area contributed by atoms with Crippen LogP contribution in [0.2, 0.25) is 0 Å². The SMILES string of the molecule is COP(=O)(O)OP(=O)(OC)OP(=O)(OC)SCC1=C(O)C[C@H](C)O1. The first-order valence-corrected chi connectivity index (χ1v) is 12.4. The van der Waals surface area contributed by atoms with Gasteiger partial charge in [0.1, 0.15) is 17.6 Å². The molecule has 15 heteroatoms. The summed E-state index contributed by atoms with van der Waals surface area (Å²) in [6.45, 7) is -2.41. The molecule has 0 aliphatic carbocycles. The Labute approximate surface area is 143 Å². The van der Waals surface area contributed by atoms with Crippen molar-refractivity contribution in [3.63, 3.8) is 0 Å². The monoisotopic (exact) mass is 428 g/mol. The van der Waals surface area contributed by atoms with Crippen molar-refractivity contribution in [1.82, 2.24) is 0 Å². The first kappa shape index (κ1) is 22.2. The van der Waals surface area contributed by atoms with E-state index in [1.807, 2.05) is 0 Å². The minimum atomic E-state index is -4.74. The highest BCUT2D eigenvalue weighted by Crippen LogP contribution is 2.75. The Morgan fingerprint density at radius 2 is 1.79 bits per heavy atom. The van der Waals surface area contributed by atoms with Crippen molar-refractivity contribution < 1.29 is 50.6 Å². The molecule has 0 bridgehead atoms. The van der Waals surface area contributed by atoms with Crippen molar-refractivity contribution in [2.24, 2.45) is 0 Å². The number of rotatable bonds is 10. The molecule has 24 heavy (non-hydrogen) atoms. The van der Waals surface area contributed by atoms with E-state index in [2.05, 4.69) is 13.4 Å². The van der Waals surface area contributed by atoms with E-state index in [1.165, 1.54) is 0 Å². The molecule has 1 heterocycles. The van der Waals surface area contributed by atoms with E-state index in [4.69, 9.17) is 13.6 Å². The Kier molecular flexibility index (Phi) is 8.03. The highest BCUT2D eigenvalue weighted by atomic mass is 32.7. The molecule has 0 aromatic rings. The van der Waals surface area contributed by atoms with Gasteiger partial charge in [0.25, 0.3) is 0 Å². The first-order chi connectivity index (χ1) is 11.0. The Morgan fingerprint density at radius 1 is 1.17 bits per heavy atom. The van der Waals surface area contributed by atoms with Crippen molar-refractivity contribution in [3.8, 4) is 0 Å². The number of hydrogen-bond donors (Lipinski definition) is 2. The molecule has 0 saturated heterocycles. The average molecular weight is 428 g/mol. The fourth-order valence-corrected chi connectivity index (χ4v) is 8.02. The third kappa shape index (κ3) is 6.46. The fourth-order valence-electron chi connectivity index (χ4n) is 1.47. The Morgan fingerprint density at radius 3 is 2.21 bits per heavy atom. The van der Waals surface area contributed by atoms with Crippen molar-refractivity contribution in [2.75, 3.05) is 27.1 Å². The van der Waals surface area contributed by atoms with Crippen LogP contribution in [0.1, 0.15) is 13.3 Å². The van der Waals surface area contributed by atoms with Crippen LogP contribution in [0, 0.1) is 0 Å². The topological polar surface area (TPSA) is 147 Å². The van der Waals surface area contributed by atoms with E-state index < -0.39 is 22.4 Å². The van der Waals surface area contributed by atoms with Crippen molar-refractivity contribution >= 4 is 33.8 Å². The average Bonchev–Trinajstić information content (AvgIpc) is 2.82. The van der Waals surface area contributed by atoms with Gasteiger partial charge in [0.05, 0.1) is 5.75 Å². The summed E-state index contributed by atoms with van der Waals surface area (Å²) in [6.07, 6.45) is 0.0636. The second-order valence-corrected chi connectivity index (χ2v) is 12.1. The second-order valence-electron chi connectivity index (χ2n) is 4.35. The van der Waals surface area contributed by atoms with Gasteiger partial charge in [0, 0.05) is 27.8 Å². The summed E-state index contributed by atoms with van der Waals surface area (Å²) < 4.78 is 63.6. The van der Waals surface area contributed by atoms with Crippen LogP contribution in [0.3, 0.4) is 0 Å². The number of hydrogen-bond acceptors (Lipinski definition) is 11. The van der Waals surface area contributed by atoms with E-state index in [0.29, 0.717) is 17.8 Å². The van der Waals surface area contributed by atoms with Crippen LogP contribution in [0.5, 0.6) is 0 Å². The van der Waals surface area contributed by atoms with Gasteiger partial charge < -0.3 is 19.3 Å². The quantitative estimate of drug-likeness (QED) is 0.490. The van der Waals surface area contributed by atoms with Gasteiger partial charge in [-0.15, -0.1) is 0 Å². The zero-order chi connectivity index (χ0) is 18.6. The summed E-state index contributed by atoms with van der Waals surface area (Å²) >= 11 is 0.527. The third-order valence-corrected chi connectivity index (χ3v) is 10.3. The van der Waals surface area contributed by atoms with Crippen molar-refractivity contribution in [2.45, 2.75) is 19.4 Å². The van der Waals surface area contributed by atoms with Crippen LogP contribution in [0.4, 0.5) is 0 Å². The zero-order valence-corrected chi connectivity index (χ0v) is 16.8. The number of aliphatic hydroxyl groups is 1. The molecular weight excluding hydrogens is 409 g/mol. The maximum Gasteiger partial charge on any atom is 0.491 e. The van der Waals surface area contributed by atoms with Gasteiger partial charge >= 0.3 is 22.4 Å². The minimum absolute atomic E-state index is 0.0110. The van der Waals surface area contributed by atoms with Gasteiger partial charge in [0.2, 0.25) is 0 Å². The second kappa shape index (κ2) is 8.68. The van der Waals surface area contributed by atoms with Crippen molar-refractivity contribution in [3.05, 3.63) is 11.5 Å². The summed E-state index contributed by atoms with van der Waals surface area (Å²) in [4.78, 5) is 9.21. The van der Waals surface area contributed by atoms with E-state index >= 15 is 0 Å². The molecule has 0 amide bonds. The van der Waals surface area contributed by atoms with Gasteiger partial charge in [-0.05, 0) is 18.3 Å². The van der Waals surface area contributed by atoms with Crippen LogP contribution < -0.4 is 0 Å². The molecule has 3 unspecified atom stereocenters. The van der Waals surface area contributed by atoms with Crippen LogP contribution in [0.25, 0.3) is 0 Å². The lowest BCUT2D eigenvalue weighted by Crippen LogP contribution is -2.01. The maximum absolute atomic E-state index is 12.5. The molecule has 0 fully saturated rings. The van der Waals surface area contributed by atoms with Gasteiger partial charge in [0.15, 0.2) is 0 Å². The molecule has 1 aliphatic rings. The molecule has 1 aliphatic heterocycles. The van der Waals surface area contributed by atoms with E-state index in [0.717, 1.165) is 21.3 Å². The van der Waals surface area contributed by atoms with Gasteiger partial charge in [-0.25, -0.2) is 13.7 Å². The summed E-state index contributed by atoms with van der Waals surface area (Å²) in [5.41, 5.74) is 0. The van der Waals surface area contributed by atoms with Gasteiger partial charge in [-0.2, -0.15) is 8.62 Å². The largest absolute Gasteiger partial charge is 0.509 e. The lowest BCUT2D eigenvalue weighted by molar-refractivity contribution is 0.163. The predicted molar refractivity (Wildman–Crippen MR) is 85.5 cm³/mol. The lowest BCUT2D eigenvalue weighted by Gasteiger charge is -2.21. The molecule has 0 radical (unpaired) electrons. The molecule has 0 spiro atoms. The fraction of sp³-hybridized carbons (Fsp3) is 0.778. The number of phosphoric ester groups is 1. The Bertz CT molecular complexity index is 620. The molecular formula is C9H19O11P3S. The molecule has 4 atom stereocenters. The molecule has 1 rings (SSSR count). The molecule has 142 valence electrons. The van der Waals surface area contributed by atoms with Crippen LogP contribution in [-0.2, 0) is 40.6 Å². The zero-order valence-electron chi connectivity index (χ0n) is 13.3. The Balaban J connectivity index is 2.82. The molecule has 2 N–H and O–H groups in total. The first-order valence-electron chi connectivity index (χ1n) is 6.33. The molecule has 0 saturated carbocycles. The summed E-state index contributed by atoms with van der Waals surface area (Å²) in [5.74, 6) is 0.0424. The van der Waals surface area contributed by atoms with Crippen LogP contribution in [-0.4, -0.2) is 43.2 Å². The highest BCUT2D eigenvalue weighted by molar-refractivity contribution is 8.55. The summed E-state index contributed by atoms with van der Waals surface area (Å²) in [6, 6.07) is 0. The third-order valence-electron chi connectivity index (χ3n) is 2.58. The van der Waals surface area contributed by atoms with Crippen LogP contribution in [0.15, 0.2) is 11.5 Å². The minimum Gasteiger partial charge on any atom is -0.509 e. The number of ether oxygens (including phenoxy) is 1.